The van der Waals surface area contributed by atoms with Gasteiger partial charge in [-0.25, -0.2) is 4.98 Å². The first-order valence-corrected chi connectivity index (χ1v) is 8.11. The number of pyridine rings is 1. The topological polar surface area (TPSA) is 38.1 Å². The van der Waals surface area contributed by atoms with Gasteiger partial charge in [-0.3, -0.25) is 0 Å². The molecular formula is C16H17ClN2OS. The molecule has 0 aromatic carbocycles. The average molecular weight is 321 g/mol. The molecule has 3 nitrogen and oxygen atoms in total. The SMILES string of the molecule is Cc1c(C(C)C)sc2c(NCc3ccco3)cc(Cl)nc12. The molecule has 0 bridgehead atoms. The average Bonchev–Trinajstić information content (AvgIpc) is 3.05. The van der Waals surface area contributed by atoms with Crippen LogP contribution in [0.3, 0.4) is 0 Å². The molecule has 110 valence electrons. The number of nitrogens with one attached hydrogen (secondary N) is 1. The third-order valence-electron chi connectivity index (χ3n) is 3.44. The van der Waals surface area contributed by atoms with E-state index in [0.717, 1.165) is 21.7 Å². The van der Waals surface area contributed by atoms with Crippen LogP contribution in [-0.2, 0) is 6.54 Å². The van der Waals surface area contributed by atoms with Gasteiger partial charge < -0.3 is 9.73 Å². The van der Waals surface area contributed by atoms with Crippen LogP contribution in [0, 0.1) is 6.92 Å². The molecule has 0 aliphatic rings. The quantitative estimate of drug-likeness (QED) is 0.637. The molecule has 0 fully saturated rings. The third kappa shape index (κ3) is 2.78. The van der Waals surface area contributed by atoms with Gasteiger partial charge in [0.2, 0.25) is 0 Å². The molecule has 0 spiro atoms. The number of rotatable bonds is 4. The maximum atomic E-state index is 6.18. The number of hydrogen-bond acceptors (Lipinski definition) is 4. The second-order valence-corrected chi connectivity index (χ2v) is 6.79. The van der Waals surface area contributed by atoms with Crippen LogP contribution in [0.15, 0.2) is 28.9 Å². The van der Waals surface area contributed by atoms with E-state index in [2.05, 4.69) is 31.1 Å². The van der Waals surface area contributed by atoms with Crippen LogP contribution in [0.4, 0.5) is 5.69 Å². The Labute approximate surface area is 133 Å². The lowest BCUT2D eigenvalue weighted by Crippen LogP contribution is -1.98. The second kappa shape index (κ2) is 5.70. The Morgan fingerprint density at radius 1 is 1.43 bits per heavy atom. The molecule has 0 saturated carbocycles. The van der Waals surface area contributed by atoms with E-state index in [1.807, 2.05) is 18.2 Å². The van der Waals surface area contributed by atoms with Crippen molar-refractivity contribution in [2.45, 2.75) is 33.2 Å². The number of fused-ring (bicyclic) bond motifs is 1. The van der Waals surface area contributed by atoms with Gasteiger partial charge in [0.1, 0.15) is 10.9 Å². The van der Waals surface area contributed by atoms with Crippen molar-refractivity contribution in [1.82, 2.24) is 4.98 Å². The Balaban J connectivity index is 2.02. The van der Waals surface area contributed by atoms with E-state index in [1.165, 1.54) is 10.4 Å². The predicted octanol–water partition coefficient (Wildman–Crippen LogP) is 5.59. The zero-order valence-electron chi connectivity index (χ0n) is 12.2. The minimum atomic E-state index is 0.487. The molecule has 0 saturated heterocycles. The first kappa shape index (κ1) is 14.4. The van der Waals surface area contributed by atoms with Gasteiger partial charge in [0.05, 0.1) is 28.7 Å². The number of thiophene rings is 1. The lowest BCUT2D eigenvalue weighted by Gasteiger charge is -2.06. The Hall–Kier alpha value is -1.52. The molecule has 3 aromatic heterocycles. The summed E-state index contributed by atoms with van der Waals surface area (Å²) in [4.78, 5) is 5.86. The molecule has 5 heteroatoms. The van der Waals surface area contributed by atoms with Crippen molar-refractivity contribution >= 4 is 38.8 Å². The summed E-state index contributed by atoms with van der Waals surface area (Å²) in [5.41, 5.74) is 3.24. The van der Waals surface area contributed by atoms with Gasteiger partial charge in [0.25, 0.3) is 0 Å². The maximum absolute atomic E-state index is 6.18. The van der Waals surface area contributed by atoms with Crippen LogP contribution in [0.2, 0.25) is 5.15 Å². The first-order valence-electron chi connectivity index (χ1n) is 6.92. The van der Waals surface area contributed by atoms with Crippen molar-refractivity contribution in [3.63, 3.8) is 0 Å². The minimum absolute atomic E-state index is 0.487. The first-order chi connectivity index (χ1) is 10.1. The van der Waals surface area contributed by atoms with Crippen molar-refractivity contribution in [2.24, 2.45) is 0 Å². The van der Waals surface area contributed by atoms with E-state index < -0.39 is 0 Å². The number of aryl methyl sites for hydroxylation is 1. The normalized spacial score (nSPS) is 11.5. The highest BCUT2D eigenvalue weighted by Gasteiger charge is 2.16. The highest BCUT2D eigenvalue weighted by molar-refractivity contribution is 7.20. The van der Waals surface area contributed by atoms with E-state index in [4.69, 9.17) is 16.0 Å². The summed E-state index contributed by atoms with van der Waals surface area (Å²) in [5, 5.41) is 3.92. The molecule has 0 amide bonds. The van der Waals surface area contributed by atoms with Crippen molar-refractivity contribution in [1.29, 1.82) is 0 Å². The smallest absolute Gasteiger partial charge is 0.131 e. The summed E-state index contributed by atoms with van der Waals surface area (Å²) >= 11 is 7.97. The van der Waals surface area contributed by atoms with Gasteiger partial charge in [-0.1, -0.05) is 25.4 Å². The summed E-state index contributed by atoms with van der Waals surface area (Å²) in [6.45, 7) is 7.16. The molecule has 0 unspecified atom stereocenters. The van der Waals surface area contributed by atoms with Crippen molar-refractivity contribution in [3.05, 3.63) is 45.8 Å². The van der Waals surface area contributed by atoms with E-state index in [0.29, 0.717) is 17.6 Å². The summed E-state index contributed by atoms with van der Waals surface area (Å²) in [7, 11) is 0. The number of furan rings is 1. The molecule has 0 radical (unpaired) electrons. The number of nitrogens with zero attached hydrogens (tertiary/aromatic N) is 1. The monoisotopic (exact) mass is 320 g/mol. The summed E-state index contributed by atoms with van der Waals surface area (Å²) in [6, 6.07) is 5.72. The molecule has 3 aromatic rings. The van der Waals surface area contributed by atoms with E-state index in [1.54, 1.807) is 17.6 Å². The van der Waals surface area contributed by atoms with E-state index >= 15 is 0 Å². The Bertz CT molecular complexity index is 762. The predicted molar refractivity (Wildman–Crippen MR) is 89.5 cm³/mol. The minimum Gasteiger partial charge on any atom is -0.467 e. The lowest BCUT2D eigenvalue weighted by molar-refractivity contribution is 0.518. The van der Waals surface area contributed by atoms with Crippen LogP contribution < -0.4 is 5.32 Å². The van der Waals surface area contributed by atoms with Gasteiger partial charge in [-0.05, 0) is 30.5 Å². The number of aromatic nitrogens is 1. The molecular weight excluding hydrogens is 304 g/mol. The largest absolute Gasteiger partial charge is 0.467 e. The Kier molecular flexibility index (Phi) is 3.91. The standard InChI is InChI=1S/C16H17ClN2OS/c1-9(2)15-10(3)14-16(21-15)12(7-13(17)19-14)18-8-11-5-4-6-20-11/h4-7,9H,8H2,1-3H3,(H,18,19). The van der Waals surface area contributed by atoms with Crippen LogP contribution in [0.25, 0.3) is 10.2 Å². The highest BCUT2D eigenvalue weighted by atomic mass is 35.5. The lowest BCUT2D eigenvalue weighted by atomic mass is 10.1. The fourth-order valence-corrected chi connectivity index (χ4v) is 3.88. The molecule has 0 aliphatic carbocycles. The summed E-state index contributed by atoms with van der Waals surface area (Å²) < 4.78 is 6.52. The van der Waals surface area contributed by atoms with Crippen molar-refractivity contribution < 1.29 is 4.42 Å². The number of hydrogen-bond donors (Lipinski definition) is 1. The molecule has 3 rings (SSSR count). The van der Waals surface area contributed by atoms with Crippen molar-refractivity contribution in [2.75, 3.05) is 5.32 Å². The number of anilines is 1. The molecule has 1 N–H and O–H groups in total. The van der Waals surface area contributed by atoms with Crippen LogP contribution in [0.1, 0.15) is 36.0 Å². The highest BCUT2D eigenvalue weighted by Crippen LogP contribution is 2.39. The van der Waals surface area contributed by atoms with Gasteiger partial charge in [-0.2, -0.15) is 0 Å². The molecule has 0 aliphatic heterocycles. The Morgan fingerprint density at radius 2 is 2.24 bits per heavy atom. The van der Waals surface area contributed by atoms with Crippen LogP contribution >= 0.6 is 22.9 Å². The third-order valence-corrected chi connectivity index (χ3v) is 5.24. The molecule has 0 atom stereocenters. The van der Waals surface area contributed by atoms with Gasteiger partial charge in [0, 0.05) is 10.9 Å². The second-order valence-electron chi connectivity index (χ2n) is 5.35. The van der Waals surface area contributed by atoms with Crippen molar-refractivity contribution in [3.8, 4) is 0 Å². The molecule has 21 heavy (non-hydrogen) atoms. The summed E-state index contributed by atoms with van der Waals surface area (Å²) in [5.74, 6) is 1.38. The van der Waals surface area contributed by atoms with Crippen LogP contribution in [-0.4, -0.2) is 4.98 Å². The van der Waals surface area contributed by atoms with E-state index in [9.17, 15) is 0 Å². The van der Waals surface area contributed by atoms with Gasteiger partial charge in [-0.15, -0.1) is 11.3 Å². The Morgan fingerprint density at radius 3 is 2.90 bits per heavy atom. The van der Waals surface area contributed by atoms with Gasteiger partial charge >= 0.3 is 0 Å². The van der Waals surface area contributed by atoms with E-state index in [-0.39, 0.29) is 0 Å². The molecule has 3 heterocycles. The zero-order valence-corrected chi connectivity index (χ0v) is 13.8. The zero-order chi connectivity index (χ0) is 15.0. The van der Waals surface area contributed by atoms with Crippen LogP contribution in [0.5, 0.6) is 0 Å². The fourth-order valence-electron chi connectivity index (χ4n) is 2.44. The number of halogens is 1. The fraction of sp³-hybridized carbons (Fsp3) is 0.312. The van der Waals surface area contributed by atoms with Gasteiger partial charge in [0.15, 0.2) is 0 Å². The maximum Gasteiger partial charge on any atom is 0.131 e. The summed E-state index contributed by atoms with van der Waals surface area (Å²) in [6.07, 6.45) is 1.68.